The fourth-order valence-electron chi connectivity index (χ4n) is 0.987. The predicted octanol–water partition coefficient (Wildman–Crippen LogP) is 2.97. The number of carbonyl (C=O) groups excluding carboxylic acids is 1. The van der Waals surface area contributed by atoms with E-state index in [0.29, 0.717) is 0 Å². The molecule has 17 heavy (non-hydrogen) atoms. The molecule has 0 saturated carbocycles. The van der Waals surface area contributed by atoms with E-state index in [2.05, 4.69) is 15.6 Å². The van der Waals surface area contributed by atoms with E-state index in [9.17, 15) is 18.0 Å². The molecule has 1 amide bonds. The number of alkyl halides is 3. The quantitative estimate of drug-likeness (QED) is 0.749. The zero-order valence-corrected chi connectivity index (χ0v) is 8.78. The second-order valence-electron chi connectivity index (χ2n) is 2.91. The Bertz CT molecular complexity index is 457. The average Bonchev–Trinajstić information content (AvgIpc) is 2.24. The Kier molecular flexibility index (Phi) is 4.06. The van der Waals surface area contributed by atoms with Crippen LogP contribution in [0.25, 0.3) is 0 Å². The summed E-state index contributed by atoms with van der Waals surface area (Å²) >= 11 is 0. The van der Waals surface area contributed by atoms with Crippen molar-refractivity contribution in [2.24, 2.45) is 4.99 Å². The van der Waals surface area contributed by atoms with Gasteiger partial charge >= 0.3 is 6.36 Å². The Labute approximate surface area is 95.2 Å². The highest BCUT2D eigenvalue weighted by Crippen LogP contribution is 2.22. The summed E-state index contributed by atoms with van der Waals surface area (Å²) in [6.45, 7) is 1.64. The molecule has 1 aromatic rings. The first-order chi connectivity index (χ1) is 7.92. The predicted molar refractivity (Wildman–Crippen MR) is 55.1 cm³/mol. The molecule has 0 aromatic heterocycles. The van der Waals surface area contributed by atoms with Crippen molar-refractivity contribution in [3.05, 3.63) is 35.9 Å². The van der Waals surface area contributed by atoms with Crippen LogP contribution in [0.5, 0.6) is 5.75 Å². The number of benzene rings is 1. The van der Waals surface area contributed by atoms with Crippen LogP contribution >= 0.6 is 0 Å². The van der Waals surface area contributed by atoms with E-state index in [1.54, 1.807) is 6.92 Å². The zero-order chi connectivity index (χ0) is 12.9. The van der Waals surface area contributed by atoms with Gasteiger partial charge in [-0.05, 0) is 43.1 Å². The van der Waals surface area contributed by atoms with Gasteiger partial charge < -0.3 is 4.74 Å². The smallest absolute Gasteiger partial charge is 0.406 e. The Morgan fingerprint density at radius 1 is 1.35 bits per heavy atom. The molecule has 0 unspecified atom stereocenters. The van der Waals surface area contributed by atoms with Crippen LogP contribution in [0, 0.1) is 0 Å². The molecule has 6 heteroatoms. The van der Waals surface area contributed by atoms with Crippen LogP contribution in [0.15, 0.2) is 35.3 Å². The molecule has 0 atom stereocenters. The third-order valence-electron chi connectivity index (χ3n) is 1.63. The Hall–Kier alpha value is -2.07. The highest BCUT2D eigenvalue weighted by molar-refractivity contribution is 5.98. The summed E-state index contributed by atoms with van der Waals surface area (Å²) in [5.74, 6) is 1.37. The van der Waals surface area contributed by atoms with Crippen molar-refractivity contribution in [3.8, 4) is 5.75 Å². The van der Waals surface area contributed by atoms with Gasteiger partial charge in [-0.1, -0.05) is 0 Å². The fraction of sp³-hybridized carbons (Fsp3) is 0.182. The minimum Gasteiger partial charge on any atom is -0.406 e. The molecular weight excluding hydrogens is 235 g/mol. The third-order valence-corrected chi connectivity index (χ3v) is 1.63. The lowest BCUT2D eigenvalue weighted by Crippen LogP contribution is -2.17. The van der Waals surface area contributed by atoms with E-state index in [-0.39, 0.29) is 11.3 Å². The van der Waals surface area contributed by atoms with Crippen molar-refractivity contribution in [2.45, 2.75) is 13.3 Å². The molecule has 0 saturated heterocycles. The molecule has 1 rings (SSSR count). The minimum absolute atomic E-state index is 0.161. The van der Waals surface area contributed by atoms with Crippen molar-refractivity contribution in [2.75, 3.05) is 0 Å². The van der Waals surface area contributed by atoms with Crippen LogP contribution in [0.4, 0.5) is 13.2 Å². The maximum atomic E-state index is 11.8. The summed E-state index contributed by atoms with van der Waals surface area (Å²) in [5, 5.41) is 0. The third kappa shape index (κ3) is 4.53. The van der Waals surface area contributed by atoms with Gasteiger partial charge in [-0.3, -0.25) is 4.79 Å². The van der Waals surface area contributed by atoms with E-state index in [0.717, 1.165) is 12.1 Å². The molecule has 0 fully saturated rings. The number of hydrogen-bond donors (Lipinski definition) is 0. The van der Waals surface area contributed by atoms with E-state index in [4.69, 9.17) is 0 Å². The van der Waals surface area contributed by atoms with Crippen LogP contribution in [0.2, 0.25) is 0 Å². The molecule has 1 aromatic carbocycles. The van der Waals surface area contributed by atoms with Gasteiger partial charge in [0.1, 0.15) is 5.75 Å². The molecule has 0 heterocycles. The molecule has 3 nitrogen and oxygen atoms in total. The first-order valence-corrected chi connectivity index (χ1v) is 4.56. The number of aliphatic imine (C=N–C) groups is 1. The number of allylic oxidation sites excluding steroid dienone is 1. The van der Waals surface area contributed by atoms with Crippen molar-refractivity contribution in [1.29, 1.82) is 0 Å². The van der Waals surface area contributed by atoms with E-state index >= 15 is 0 Å². The van der Waals surface area contributed by atoms with Crippen molar-refractivity contribution in [3.63, 3.8) is 0 Å². The molecule has 0 aliphatic rings. The number of nitrogens with zero attached hydrogens (tertiary/aromatic N) is 1. The van der Waals surface area contributed by atoms with E-state index in [1.165, 1.54) is 18.2 Å². The van der Waals surface area contributed by atoms with E-state index in [1.807, 2.05) is 0 Å². The fourth-order valence-corrected chi connectivity index (χ4v) is 0.987. The molecule has 0 bridgehead atoms. The largest absolute Gasteiger partial charge is 0.573 e. The van der Waals surface area contributed by atoms with Gasteiger partial charge in [-0.15, -0.1) is 13.2 Å². The standard InChI is InChI=1S/C11H8F3NO2/c1-2-7-15-10(16)8-3-5-9(6-4-8)17-11(12,13)14/h2-6H,1H3. The SMILES string of the molecule is CC=C=NC(=O)c1ccc(OC(F)(F)F)cc1. The van der Waals surface area contributed by atoms with Crippen molar-refractivity contribution in [1.82, 2.24) is 0 Å². The Balaban J connectivity index is 2.81. The topological polar surface area (TPSA) is 38.7 Å². The lowest BCUT2D eigenvalue weighted by molar-refractivity contribution is -0.274. The number of hydrogen-bond acceptors (Lipinski definition) is 2. The number of carbonyl (C=O) groups is 1. The molecule has 0 aliphatic heterocycles. The summed E-state index contributed by atoms with van der Waals surface area (Å²) in [7, 11) is 0. The average molecular weight is 243 g/mol. The lowest BCUT2D eigenvalue weighted by atomic mass is 10.2. The van der Waals surface area contributed by atoms with Gasteiger partial charge in [0.15, 0.2) is 0 Å². The molecule has 90 valence electrons. The van der Waals surface area contributed by atoms with Gasteiger partial charge in [0, 0.05) is 5.56 Å². The first kappa shape index (κ1) is 13.0. The van der Waals surface area contributed by atoms with Gasteiger partial charge in [-0.25, -0.2) is 0 Å². The van der Waals surface area contributed by atoms with Crippen LogP contribution < -0.4 is 4.74 Å². The number of ether oxygens (including phenoxy) is 1. The Morgan fingerprint density at radius 3 is 2.41 bits per heavy atom. The van der Waals surface area contributed by atoms with Gasteiger partial charge in [0.2, 0.25) is 0 Å². The van der Waals surface area contributed by atoms with Crippen LogP contribution in [-0.4, -0.2) is 18.1 Å². The minimum atomic E-state index is -4.74. The van der Waals surface area contributed by atoms with Crippen LogP contribution in [0.1, 0.15) is 17.3 Å². The monoisotopic (exact) mass is 243 g/mol. The highest BCUT2D eigenvalue weighted by atomic mass is 19.4. The molecule has 0 spiro atoms. The van der Waals surface area contributed by atoms with Gasteiger partial charge in [-0.2, -0.15) is 4.99 Å². The second-order valence-corrected chi connectivity index (χ2v) is 2.91. The second kappa shape index (κ2) is 5.32. The van der Waals surface area contributed by atoms with Crippen LogP contribution in [-0.2, 0) is 0 Å². The van der Waals surface area contributed by atoms with Crippen molar-refractivity contribution < 1.29 is 22.7 Å². The summed E-state index contributed by atoms with van der Waals surface area (Å²) < 4.78 is 39.2. The van der Waals surface area contributed by atoms with Crippen molar-refractivity contribution >= 4 is 11.8 Å². The molecule has 0 aliphatic carbocycles. The van der Waals surface area contributed by atoms with E-state index < -0.39 is 12.3 Å². The number of amides is 1. The summed E-state index contributed by atoms with van der Waals surface area (Å²) in [6, 6.07) is 4.49. The molecular formula is C11H8F3NO2. The zero-order valence-electron chi connectivity index (χ0n) is 8.78. The summed E-state index contributed by atoms with van der Waals surface area (Å²) in [4.78, 5) is 14.7. The Morgan fingerprint density at radius 2 is 1.94 bits per heavy atom. The maximum absolute atomic E-state index is 11.8. The summed E-state index contributed by atoms with van der Waals surface area (Å²) in [5.41, 5.74) is 0.161. The maximum Gasteiger partial charge on any atom is 0.573 e. The first-order valence-electron chi connectivity index (χ1n) is 4.56. The molecule has 0 radical (unpaired) electrons. The van der Waals surface area contributed by atoms with Crippen LogP contribution in [0.3, 0.4) is 0 Å². The lowest BCUT2D eigenvalue weighted by Gasteiger charge is -2.08. The number of halogens is 3. The molecule has 0 N–H and O–H groups in total. The normalized spacial score (nSPS) is 10.4. The highest BCUT2D eigenvalue weighted by Gasteiger charge is 2.30. The van der Waals surface area contributed by atoms with Gasteiger partial charge in [0.05, 0.1) is 0 Å². The van der Waals surface area contributed by atoms with Gasteiger partial charge in [0.25, 0.3) is 5.91 Å². The summed E-state index contributed by atoms with van der Waals surface area (Å²) in [6.07, 6.45) is -3.30. The number of rotatable bonds is 2.